The van der Waals surface area contributed by atoms with Gasteiger partial charge in [0.05, 0.1) is 20.0 Å². The zero-order valence-electron chi connectivity index (χ0n) is 12.6. The minimum absolute atomic E-state index is 0. The van der Waals surface area contributed by atoms with Crippen molar-refractivity contribution in [2.45, 2.75) is 32.7 Å². The molecule has 116 valence electrons. The normalized spacial score (nSPS) is 10.0. The molecule has 1 aromatic heterocycles. The number of aromatic nitrogens is 2. The van der Waals surface area contributed by atoms with Gasteiger partial charge in [-0.1, -0.05) is 19.4 Å². The molecule has 0 aliphatic carbocycles. The molecule has 4 nitrogen and oxygen atoms in total. The number of ether oxygens (including phenoxy) is 2. The Labute approximate surface area is 132 Å². The van der Waals surface area contributed by atoms with Crippen LogP contribution in [0.15, 0.2) is 36.9 Å². The molecule has 0 spiro atoms. The van der Waals surface area contributed by atoms with E-state index in [1.807, 2.05) is 23.2 Å². The number of hydrogen-bond donors (Lipinski definition) is 0. The summed E-state index contributed by atoms with van der Waals surface area (Å²) in [6, 6.07) is 6.17. The van der Waals surface area contributed by atoms with Gasteiger partial charge < -0.3 is 14.0 Å². The van der Waals surface area contributed by atoms with Crippen LogP contribution in [0.3, 0.4) is 0 Å². The Balaban J connectivity index is 0.00000220. The summed E-state index contributed by atoms with van der Waals surface area (Å²) >= 11 is 0. The second-order valence-corrected chi connectivity index (χ2v) is 4.74. The number of benzene rings is 1. The van der Waals surface area contributed by atoms with E-state index in [0.29, 0.717) is 6.61 Å². The first-order valence-electron chi connectivity index (χ1n) is 7.09. The Hall–Kier alpha value is -1.68. The second-order valence-electron chi connectivity index (χ2n) is 4.74. The molecule has 0 radical (unpaired) electrons. The molecule has 0 fully saturated rings. The molecule has 1 aromatic carbocycles. The van der Waals surface area contributed by atoms with Gasteiger partial charge in [0.2, 0.25) is 0 Å². The van der Waals surface area contributed by atoms with E-state index < -0.39 is 0 Å². The highest BCUT2D eigenvalue weighted by Crippen LogP contribution is 2.28. The van der Waals surface area contributed by atoms with Gasteiger partial charge in [-0.2, -0.15) is 0 Å². The third-order valence-corrected chi connectivity index (χ3v) is 3.14. The number of aryl methyl sites for hydroxylation is 2. The van der Waals surface area contributed by atoms with Crippen molar-refractivity contribution in [3.8, 4) is 11.5 Å². The van der Waals surface area contributed by atoms with E-state index in [1.54, 1.807) is 13.3 Å². The van der Waals surface area contributed by atoms with Crippen LogP contribution in [-0.4, -0.2) is 23.3 Å². The summed E-state index contributed by atoms with van der Waals surface area (Å²) in [6.07, 6.45) is 8.71. The molecule has 21 heavy (non-hydrogen) atoms. The maximum absolute atomic E-state index is 5.80. The smallest absolute Gasteiger partial charge is 0.161 e. The molecular weight excluding hydrogens is 288 g/mol. The molecule has 5 heteroatoms. The standard InChI is InChI=1S/C16H22N2O2.ClH/c1-3-5-14-6-7-15(16(12-14)19-2)20-11-4-9-18-10-8-17-13-18;/h6-8,10,12-13H,3-5,9,11H2,1-2H3;1H. The Morgan fingerprint density at radius 1 is 1.24 bits per heavy atom. The molecule has 0 amide bonds. The predicted molar refractivity (Wildman–Crippen MR) is 86.6 cm³/mol. The van der Waals surface area contributed by atoms with Crippen LogP contribution in [-0.2, 0) is 13.0 Å². The van der Waals surface area contributed by atoms with Crippen LogP contribution in [0.2, 0.25) is 0 Å². The Bertz CT molecular complexity index is 515. The molecule has 0 aliphatic heterocycles. The first-order chi connectivity index (χ1) is 9.83. The second kappa shape index (κ2) is 9.29. The molecule has 1 heterocycles. The number of nitrogens with zero attached hydrogens (tertiary/aromatic N) is 2. The summed E-state index contributed by atoms with van der Waals surface area (Å²) in [5, 5.41) is 0. The van der Waals surface area contributed by atoms with Crippen molar-refractivity contribution in [2.24, 2.45) is 0 Å². The minimum atomic E-state index is 0. The van der Waals surface area contributed by atoms with E-state index in [2.05, 4.69) is 24.0 Å². The summed E-state index contributed by atoms with van der Waals surface area (Å²) < 4.78 is 13.2. The zero-order chi connectivity index (χ0) is 14.2. The van der Waals surface area contributed by atoms with Crippen LogP contribution in [0.4, 0.5) is 0 Å². The monoisotopic (exact) mass is 310 g/mol. The summed E-state index contributed by atoms with van der Waals surface area (Å²) in [7, 11) is 1.68. The first-order valence-corrected chi connectivity index (χ1v) is 7.09. The Morgan fingerprint density at radius 2 is 2.10 bits per heavy atom. The molecule has 0 bridgehead atoms. The molecule has 0 N–H and O–H groups in total. The fourth-order valence-electron chi connectivity index (χ4n) is 2.12. The van der Waals surface area contributed by atoms with E-state index in [9.17, 15) is 0 Å². The van der Waals surface area contributed by atoms with Crippen LogP contribution >= 0.6 is 12.4 Å². The van der Waals surface area contributed by atoms with Gasteiger partial charge in [-0.25, -0.2) is 4.98 Å². The van der Waals surface area contributed by atoms with Gasteiger partial charge >= 0.3 is 0 Å². The van der Waals surface area contributed by atoms with E-state index in [1.165, 1.54) is 5.56 Å². The summed E-state index contributed by atoms with van der Waals surface area (Å²) in [5.41, 5.74) is 1.29. The molecule has 0 unspecified atom stereocenters. The number of halogens is 1. The molecule has 2 aromatic rings. The highest BCUT2D eigenvalue weighted by Gasteiger charge is 2.05. The Kier molecular flexibility index (Phi) is 7.69. The van der Waals surface area contributed by atoms with Gasteiger partial charge in [0.15, 0.2) is 11.5 Å². The van der Waals surface area contributed by atoms with Crippen molar-refractivity contribution in [2.75, 3.05) is 13.7 Å². The largest absolute Gasteiger partial charge is 0.493 e. The molecule has 2 rings (SSSR count). The fourth-order valence-corrected chi connectivity index (χ4v) is 2.12. The van der Waals surface area contributed by atoms with Crippen LogP contribution in [0.1, 0.15) is 25.3 Å². The molecular formula is C16H23ClN2O2. The number of rotatable bonds is 8. The number of hydrogen-bond acceptors (Lipinski definition) is 3. The number of imidazole rings is 1. The predicted octanol–water partition coefficient (Wildman–Crippen LogP) is 3.74. The van der Waals surface area contributed by atoms with Crippen molar-refractivity contribution in [3.63, 3.8) is 0 Å². The fraction of sp³-hybridized carbons (Fsp3) is 0.438. The number of methoxy groups -OCH3 is 1. The summed E-state index contributed by atoms with van der Waals surface area (Å²) in [5.74, 6) is 1.64. The van der Waals surface area contributed by atoms with Crippen LogP contribution in [0.25, 0.3) is 0 Å². The third kappa shape index (κ3) is 5.31. The van der Waals surface area contributed by atoms with Crippen molar-refractivity contribution in [1.29, 1.82) is 0 Å². The van der Waals surface area contributed by atoms with Gasteiger partial charge in [0.1, 0.15) is 0 Å². The average molecular weight is 311 g/mol. The van der Waals surface area contributed by atoms with Crippen molar-refractivity contribution in [3.05, 3.63) is 42.5 Å². The van der Waals surface area contributed by atoms with E-state index in [-0.39, 0.29) is 12.4 Å². The zero-order valence-corrected chi connectivity index (χ0v) is 13.4. The lowest BCUT2D eigenvalue weighted by Gasteiger charge is -2.12. The van der Waals surface area contributed by atoms with Crippen molar-refractivity contribution < 1.29 is 9.47 Å². The maximum Gasteiger partial charge on any atom is 0.161 e. The quantitative estimate of drug-likeness (QED) is 0.697. The first kappa shape index (κ1) is 17.4. The minimum Gasteiger partial charge on any atom is -0.493 e. The van der Waals surface area contributed by atoms with Gasteiger partial charge in [-0.3, -0.25) is 0 Å². The average Bonchev–Trinajstić information content (AvgIpc) is 2.98. The lowest BCUT2D eigenvalue weighted by Crippen LogP contribution is -2.04. The van der Waals surface area contributed by atoms with Crippen LogP contribution in [0.5, 0.6) is 11.5 Å². The van der Waals surface area contributed by atoms with Crippen molar-refractivity contribution in [1.82, 2.24) is 9.55 Å². The van der Waals surface area contributed by atoms with Gasteiger partial charge in [-0.15, -0.1) is 12.4 Å². The van der Waals surface area contributed by atoms with Gasteiger partial charge in [-0.05, 0) is 30.5 Å². The molecule has 0 saturated heterocycles. The maximum atomic E-state index is 5.80. The van der Waals surface area contributed by atoms with Gasteiger partial charge in [0.25, 0.3) is 0 Å². The summed E-state index contributed by atoms with van der Waals surface area (Å²) in [4.78, 5) is 4.02. The molecule has 0 atom stereocenters. The molecule has 0 saturated carbocycles. The molecule has 0 aliphatic rings. The van der Waals surface area contributed by atoms with Crippen molar-refractivity contribution >= 4 is 12.4 Å². The van der Waals surface area contributed by atoms with Crippen LogP contribution < -0.4 is 9.47 Å². The SMILES string of the molecule is CCCc1ccc(OCCCn2ccnc2)c(OC)c1.Cl. The van der Waals surface area contributed by atoms with Crippen LogP contribution in [0, 0.1) is 0 Å². The highest BCUT2D eigenvalue weighted by molar-refractivity contribution is 5.85. The van der Waals surface area contributed by atoms with E-state index in [0.717, 1.165) is 37.3 Å². The highest BCUT2D eigenvalue weighted by atomic mass is 35.5. The van der Waals surface area contributed by atoms with Gasteiger partial charge in [0, 0.05) is 18.9 Å². The van der Waals surface area contributed by atoms with E-state index >= 15 is 0 Å². The summed E-state index contributed by atoms with van der Waals surface area (Å²) in [6.45, 7) is 3.75. The topological polar surface area (TPSA) is 36.3 Å². The lowest BCUT2D eigenvalue weighted by atomic mass is 10.1. The third-order valence-electron chi connectivity index (χ3n) is 3.14. The Morgan fingerprint density at radius 3 is 2.76 bits per heavy atom. The lowest BCUT2D eigenvalue weighted by molar-refractivity contribution is 0.282. The van der Waals surface area contributed by atoms with E-state index in [4.69, 9.17) is 9.47 Å².